The Morgan fingerprint density at radius 1 is 1.00 bits per heavy atom. The molecule has 1 aromatic heterocycles. The Bertz CT molecular complexity index is 434. The van der Waals surface area contributed by atoms with Crippen LogP contribution in [0.1, 0.15) is 0 Å². The summed E-state index contributed by atoms with van der Waals surface area (Å²) < 4.78 is 0. The van der Waals surface area contributed by atoms with Crippen molar-refractivity contribution in [1.29, 1.82) is 0 Å². The molecule has 0 aliphatic rings. The van der Waals surface area contributed by atoms with Crippen molar-refractivity contribution in [3.05, 3.63) is 41.8 Å². The van der Waals surface area contributed by atoms with Gasteiger partial charge in [0.05, 0.1) is 5.69 Å². The molecular weight excluding hydrogens is 194 g/mol. The van der Waals surface area contributed by atoms with Crippen LogP contribution in [0, 0.1) is 0 Å². The molecule has 2 rings (SSSR count). The smallest absolute Gasteiger partial charge is 0.138 e. The van der Waals surface area contributed by atoms with Crippen LogP contribution in [0.15, 0.2) is 52.0 Å². The number of anilines is 1. The lowest BCUT2D eigenvalue weighted by molar-refractivity contribution is 1.26. The van der Waals surface area contributed by atoms with Crippen molar-refractivity contribution in [2.24, 2.45) is 10.2 Å². The fourth-order valence-electron chi connectivity index (χ4n) is 1.01. The number of nitrogens with two attached hydrogens (primary N) is 1. The molecule has 0 atom stereocenters. The highest BCUT2D eigenvalue weighted by Gasteiger charge is 1.94. The van der Waals surface area contributed by atoms with Gasteiger partial charge in [-0.05, 0) is 29.6 Å². The standard InChI is InChI=1S/C10H9N3S/c11-8-4-1-2-5-9(8)12-13-10-6-3-7-14-10/h1-7H,11H2. The summed E-state index contributed by atoms with van der Waals surface area (Å²) in [7, 11) is 0. The highest BCUT2D eigenvalue weighted by Crippen LogP contribution is 2.25. The van der Waals surface area contributed by atoms with Crippen LogP contribution in [0.25, 0.3) is 0 Å². The number of thiophene rings is 1. The minimum absolute atomic E-state index is 0.646. The fourth-order valence-corrected chi connectivity index (χ4v) is 1.55. The van der Waals surface area contributed by atoms with E-state index in [1.807, 2.05) is 41.8 Å². The summed E-state index contributed by atoms with van der Waals surface area (Å²) in [5.41, 5.74) is 7.06. The van der Waals surface area contributed by atoms with Crippen LogP contribution < -0.4 is 5.73 Å². The molecule has 0 saturated carbocycles. The third kappa shape index (κ3) is 1.97. The monoisotopic (exact) mass is 203 g/mol. The van der Waals surface area contributed by atoms with Gasteiger partial charge in [-0.2, -0.15) is 0 Å². The Labute approximate surface area is 85.9 Å². The number of rotatable bonds is 2. The lowest BCUT2D eigenvalue weighted by atomic mass is 10.3. The molecule has 0 radical (unpaired) electrons. The molecule has 70 valence electrons. The molecule has 1 aromatic carbocycles. The van der Waals surface area contributed by atoms with E-state index >= 15 is 0 Å². The Morgan fingerprint density at radius 2 is 1.86 bits per heavy atom. The van der Waals surface area contributed by atoms with E-state index in [4.69, 9.17) is 5.73 Å². The molecule has 0 spiro atoms. The van der Waals surface area contributed by atoms with E-state index < -0.39 is 0 Å². The second-order valence-electron chi connectivity index (χ2n) is 2.71. The van der Waals surface area contributed by atoms with Gasteiger partial charge in [0.15, 0.2) is 0 Å². The average Bonchev–Trinajstić information content (AvgIpc) is 2.69. The Balaban J connectivity index is 2.23. The second-order valence-corrected chi connectivity index (χ2v) is 3.64. The Hall–Kier alpha value is -1.68. The number of benzene rings is 1. The third-order valence-corrected chi connectivity index (χ3v) is 2.45. The first-order valence-electron chi connectivity index (χ1n) is 4.16. The van der Waals surface area contributed by atoms with E-state index in [1.165, 1.54) is 0 Å². The molecule has 0 bridgehead atoms. The van der Waals surface area contributed by atoms with Gasteiger partial charge < -0.3 is 5.73 Å². The van der Waals surface area contributed by atoms with Gasteiger partial charge in [-0.3, -0.25) is 0 Å². The zero-order chi connectivity index (χ0) is 9.80. The summed E-state index contributed by atoms with van der Waals surface area (Å²) in [6, 6.07) is 11.3. The van der Waals surface area contributed by atoms with Gasteiger partial charge in [0.25, 0.3) is 0 Å². The minimum atomic E-state index is 0.646. The van der Waals surface area contributed by atoms with Crippen LogP contribution in [-0.2, 0) is 0 Å². The normalized spacial score (nSPS) is 10.9. The quantitative estimate of drug-likeness (QED) is 0.586. The van der Waals surface area contributed by atoms with Crippen LogP contribution >= 0.6 is 11.3 Å². The first-order valence-corrected chi connectivity index (χ1v) is 5.04. The van der Waals surface area contributed by atoms with Crippen molar-refractivity contribution in [1.82, 2.24) is 0 Å². The summed E-state index contributed by atoms with van der Waals surface area (Å²) >= 11 is 1.55. The highest BCUT2D eigenvalue weighted by atomic mass is 32.1. The average molecular weight is 203 g/mol. The molecule has 2 aromatic rings. The topological polar surface area (TPSA) is 50.7 Å². The lowest BCUT2D eigenvalue weighted by Crippen LogP contribution is -1.82. The third-order valence-electron chi connectivity index (χ3n) is 1.70. The molecule has 0 aliphatic heterocycles. The highest BCUT2D eigenvalue weighted by molar-refractivity contribution is 7.13. The predicted molar refractivity (Wildman–Crippen MR) is 59.3 cm³/mol. The molecule has 0 fully saturated rings. The van der Waals surface area contributed by atoms with Crippen LogP contribution in [-0.4, -0.2) is 0 Å². The van der Waals surface area contributed by atoms with Crippen molar-refractivity contribution >= 4 is 27.7 Å². The lowest BCUT2D eigenvalue weighted by Gasteiger charge is -1.95. The fraction of sp³-hybridized carbons (Fsp3) is 0. The Kier molecular flexibility index (Phi) is 2.55. The molecule has 2 N–H and O–H groups in total. The summed E-state index contributed by atoms with van der Waals surface area (Å²) in [4.78, 5) is 0. The van der Waals surface area contributed by atoms with E-state index in [9.17, 15) is 0 Å². The number of nitrogens with zero attached hydrogens (tertiary/aromatic N) is 2. The van der Waals surface area contributed by atoms with Gasteiger partial charge in [0.2, 0.25) is 0 Å². The van der Waals surface area contributed by atoms with E-state index in [-0.39, 0.29) is 0 Å². The first-order chi connectivity index (χ1) is 6.86. The van der Waals surface area contributed by atoms with Crippen molar-refractivity contribution < 1.29 is 0 Å². The van der Waals surface area contributed by atoms with Gasteiger partial charge in [-0.1, -0.05) is 12.1 Å². The van der Waals surface area contributed by atoms with Crippen molar-refractivity contribution in [2.45, 2.75) is 0 Å². The summed E-state index contributed by atoms with van der Waals surface area (Å²) in [6.45, 7) is 0. The van der Waals surface area contributed by atoms with Gasteiger partial charge in [0, 0.05) is 0 Å². The number of hydrogen-bond donors (Lipinski definition) is 1. The molecular formula is C10H9N3S. The van der Waals surface area contributed by atoms with Gasteiger partial charge in [-0.15, -0.1) is 21.6 Å². The van der Waals surface area contributed by atoms with Crippen molar-refractivity contribution in [3.63, 3.8) is 0 Å². The Morgan fingerprint density at radius 3 is 2.57 bits per heavy atom. The molecule has 4 heteroatoms. The van der Waals surface area contributed by atoms with Crippen LogP contribution in [0.3, 0.4) is 0 Å². The number of nitrogen functional groups attached to an aromatic ring is 1. The van der Waals surface area contributed by atoms with Crippen molar-refractivity contribution in [2.75, 3.05) is 5.73 Å². The number of para-hydroxylation sites is 1. The largest absolute Gasteiger partial charge is 0.397 e. The zero-order valence-electron chi connectivity index (χ0n) is 7.42. The SMILES string of the molecule is Nc1ccccc1N=Nc1cccs1. The summed E-state index contributed by atoms with van der Waals surface area (Å²) in [5.74, 6) is 0. The zero-order valence-corrected chi connectivity index (χ0v) is 8.24. The second kappa shape index (κ2) is 4.02. The summed E-state index contributed by atoms with van der Waals surface area (Å²) in [5, 5.41) is 11.0. The molecule has 1 heterocycles. The van der Waals surface area contributed by atoms with E-state index in [1.54, 1.807) is 11.3 Å². The van der Waals surface area contributed by atoms with Crippen LogP contribution in [0.2, 0.25) is 0 Å². The van der Waals surface area contributed by atoms with Gasteiger partial charge in [-0.25, -0.2) is 0 Å². The molecule has 0 amide bonds. The molecule has 14 heavy (non-hydrogen) atoms. The maximum atomic E-state index is 5.71. The maximum Gasteiger partial charge on any atom is 0.138 e. The molecule has 0 aliphatic carbocycles. The molecule has 0 unspecified atom stereocenters. The van der Waals surface area contributed by atoms with E-state index in [0.29, 0.717) is 11.4 Å². The first kappa shape index (κ1) is 8.90. The number of hydrogen-bond acceptors (Lipinski definition) is 4. The minimum Gasteiger partial charge on any atom is -0.397 e. The van der Waals surface area contributed by atoms with Crippen molar-refractivity contribution in [3.8, 4) is 0 Å². The molecule has 0 saturated heterocycles. The van der Waals surface area contributed by atoms with Gasteiger partial charge >= 0.3 is 0 Å². The van der Waals surface area contributed by atoms with Gasteiger partial charge in [0.1, 0.15) is 10.7 Å². The maximum absolute atomic E-state index is 5.71. The van der Waals surface area contributed by atoms with E-state index in [0.717, 1.165) is 5.00 Å². The predicted octanol–water partition coefficient (Wildman–Crippen LogP) is 3.75. The van der Waals surface area contributed by atoms with Crippen LogP contribution in [0.5, 0.6) is 0 Å². The molecule has 3 nitrogen and oxygen atoms in total. The summed E-state index contributed by atoms with van der Waals surface area (Å²) in [6.07, 6.45) is 0. The number of azo groups is 1. The van der Waals surface area contributed by atoms with E-state index in [2.05, 4.69) is 10.2 Å². The van der Waals surface area contributed by atoms with Crippen LogP contribution in [0.4, 0.5) is 16.4 Å².